The molecular formula is C21H25NO2. The van der Waals surface area contributed by atoms with Crippen molar-refractivity contribution < 1.29 is 9.90 Å². The van der Waals surface area contributed by atoms with E-state index in [4.69, 9.17) is 0 Å². The van der Waals surface area contributed by atoms with Crippen molar-refractivity contribution in [3.63, 3.8) is 0 Å². The highest BCUT2D eigenvalue weighted by molar-refractivity contribution is 6.05. The summed E-state index contributed by atoms with van der Waals surface area (Å²) >= 11 is 0. The molecule has 126 valence electrons. The molecule has 3 heteroatoms. The molecule has 2 aromatic rings. The molecule has 2 fully saturated rings. The molecular weight excluding hydrogens is 298 g/mol. The minimum absolute atomic E-state index is 0.210. The van der Waals surface area contributed by atoms with Crippen molar-refractivity contribution in [1.82, 2.24) is 4.98 Å². The Bertz CT molecular complexity index is 818. The van der Waals surface area contributed by atoms with E-state index in [1.54, 1.807) is 0 Å². The van der Waals surface area contributed by atoms with Crippen LogP contribution in [0.1, 0.15) is 45.1 Å². The standard InChI is InChI=1S/C21H25NO2/c1-13-17-8-7-14(20(24)21(17,2)10-9-19(13)23)11-15-12-22-18-6-4-3-5-16(15)18/h3-6,11-13,17,19,22-23H,7-10H2,1-2H3/b14-11+/t13-,17?,19?,21-/m0/s1. The van der Waals surface area contributed by atoms with Gasteiger partial charge in [-0.25, -0.2) is 0 Å². The van der Waals surface area contributed by atoms with Gasteiger partial charge >= 0.3 is 0 Å². The number of Topliss-reactive ketones (excluding diaryl/α,β-unsaturated/α-hetero) is 1. The number of aliphatic hydroxyl groups excluding tert-OH is 1. The Morgan fingerprint density at radius 3 is 2.92 bits per heavy atom. The second-order valence-electron chi connectivity index (χ2n) is 7.82. The van der Waals surface area contributed by atoms with E-state index >= 15 is 0 Å². The summed E-state index contributed by atoms with van der Waals surface area (Å²) in [5, 5.41) is 11.3. The summed E-state index contributed by atoms with van der Waals surface area (Å²) in [6.07, 6.45) is 7.16. The van der Waals surface area contributed by atoms with Crippen molar-refractivity contribution in [2.45, 2.75) is 45.6 Å². The Kier molecular flexibility index (Phi) is 3.65. The van der Waals surface area contributed by atoms with Crippen LogP contribution in [0.5, 0.6) is 0 Å². The highest BCUT2D eigenvalue weighted by atomic mass is 16.3. The zero-order chi connectivity index (χ0) is 16.9. The number of benzene rings is 1. The molecule has 1 aromatic heterocycles. The second-order valence-corrected chi connectivity index (χ2v) is 7.82. The molecule has 3 nitrogen and oxygen atoms in total. The molecule has 2 unspecified atom stereocenters. The molecule has 1 aromatic carbocycles. The van der Waals surface area contributed by atoms with E-state index in [0.29, 0.717) is 11.7 Å². The number of carbonyl (C=O) groups is 1. The normalized spacial score (nSPS) is 35.4. The Morgan fingerprint density at radius 1 is 1.29 bits per heavy atom. The van der Waals surface area contributed by atoms with Crippen LogP contribution in [-0.4, -0.2) is 22.0 Å². The number of H-pyrrole nitrogens is 1. The first-order valence-electron chi connectivity index (χ1n) is 9.00. The number of carbonyl (C=O) groups excluding carboxylic acids is 1. The first-order chi connectivity index (χ1) is 11.5. The molecule has 2 aliphatic carbocycles. The van der Waals surface area contributed by atoms with E-state index in [1.165, 1.54) is 0 Å². The number of fused-ring (bicyclic) bond motifs is 2. The van der Waals surface area contributed by atoms with E-state index < -0.39 is 0 Å². The van der Waals surface area contributed by atoms with Gasteiger partial charge in [-0.15, -0.1) is 0 Å². The Hall–Kier alpha value is -1.87. The highest BCUT2D eigenvalue weighted by Crippen LogP contribution is 2.52. The van der Waals surface area contributed by atoms with Crippen LogP contribution in [-0.2, 0) is 4.79 Å². The molecule has 0 amide bonds. The smallest absolute Gasteiger partial charge is 0.165 e. The Morgan fingerprint density at radius 2 is 2.08 bits per heavy atom. The summed E-state index contributed by atoms with van der Waals surface area (Å²) in [4.78, 5) is 16.5. The van der Waals surface area contributed by atoms with Crippen molar-refractivity contribution in [2.24, 2.45) is 17.3 Å². The summed E-state index contributed by atoms with van der Waals surface area (Å²) in [7, 11) is 0. The maximum absolute atomic E-state index is 13.2. The second kappa shape index (κ2) is 5.59. The maximum Gasteiger partial charge on any atom is 0.165 e. The largest absolute Gasteiger partial charge is 0.393 e. The third kappa shape index (κ3) is 2.26. The lowest BCUT2D eigenvalue weighted by Crippen LogP contribution is -2.50. The van der Waals surface area contributed by atoms with Gasteiger partial charge in [0.15, 0.2) is 5.78 Å². The molecule has 24 heavy (non-hydrogen) atoms. The van der Waals surface area contributed by atoms with Gasteiger partial charge in [0.1, 0.15) is 0 Å². The SMILES string of the molecule is C[C@@H]1C(O)CC[C@]2(C)C(=O)/C(=C/c3c[nH]c4ccccc34)CCC12. The third-order valence-electron chi connectivity index (χ3n) is 6.51. The van der Waals surface area contributed by atoms with E-state index in [-0.39, 0.29) is 17.4 Å². The molecule has 2 aliphatic rings. The van der Waals surface area contributed by atoms with Crippen LogP contribution in [0.15, 0.2) is 36.0 Å². The lowest BCUT2D eigenvalue weighted by molar-refractivity contribution is -0.137. The predicted octanol–water partition coefficient (Wildman–Crippen LogP) is 4.33. The van der Waals surface area contributed by atoms with E-state index in [9.17, 15) is 9.90 Å². The Labute approximate surface area is 142 Å². The third-order valence-corrected chi connectivity index (χ3v) is 6.51. The van der Waals surface area contributed by atoms with Gasteiger partial charge in [0.25, 0.3) is 0 Å². The van der Waals surface area contributed by atoms with Gasteiger partial charge in [0.05, 0.1) is 6.10 Å². The zero-order valence-electron chi connectivity index (χ0n) is 14.4. The molecule has 2 saturated carbocycles. The van der Waals surface area contributed by atoms with Crippen molar-refractivity contribution >= 4 is 22.8 Å². The Balaban J connectivity index is 1.70. The molecule has 0 spiro atoms. The number of hydrogen-bond donors (Lipinski definition) is 2. The summed E-state index contributed by atoms with van der Waals surface area (Å²) < 4.78 is 0. The van der Waals surface area contributed by atoms with E-state index in [2.05, 4.69) is 37.0 Å². The van der Waals surface area contributed by atoms with E-state index in [0.717, 1.165) is 47.7 Å². The van der Waals surface area contributed by atoms with Gasteiger partial charge in [-0.1, -0.05) is 32.0 Å². The van der Waals surface area contributed by atoms with Crippen LogP contribution in [0, 0.1) is 17.3 Å². The number of nitrogens with one attached hydrogen (secondary N) is 1. The van der Waals surface area contributed by atoms with Gasteiger partial charge in [0.2, 0.25) is 0 Å². The number of aromatic nitrogens is 1. The van der Waals surface area contributed by atoms with Crippen molar-refractivity contribution in [1.29, 1.82) is 0 Å². The monoisotopic (exact) mass is 323 g/mol. The molecule has 4 rings (SSSR count). The molecule has 1 heterocycles. The number of allylic oxidation sites excluding steroid dienone is 1. The lowest BCUT2D eigenvalue weighted by atomic mass is 9.55. The lowest BCUT2D eigenvalue weighted by Gasteiger charge is -2.49. The predicted molar refractivity (Wildman–Crippen MR) is 96.5 cm³/mol. The van der Waals surface area contributed by atoms with Crippen LogP contribution < -0.4 is 0 Å². The maximum atomic E-state index is 13.2. The van der Waals surface area contributed by atoms with Crippen LogP contribution in [0.4, 0.5) is 0 Å². The van der Waals surface area contributed by atoms with Crippen molar-refractivity contribution in [3.05, 3.63) is 41.6 Å². The first-order valence-corrected chi connectivity index (χ1v) is 9.00. The van der Waals surface area contributed by atoms with Crippen molar-refractivity contribution in [2.75, 3.05) is 0 Å². The quantitative estimate of drug-likeness (QED) is 0.768. The van der Waals surface area contributed by atoms with Gasteiger partial charge in [-0.2, -0.15) is 0 Å². The summed E-state index contributed by atoms with van der Waals surface area (Å²) in [6, 6.07) is 8.20. The number of ketones is 1. The number of para-hydroxylation sites is 1. The first kappa shape index (κ1) is 15.6. The topological polar surface area (TPSA) is 53.1 Å². The molecule has 0 saturated heterocycles. The molecule has 2 N–H and O–H groups in total. The molecule has 0 bridgehead atoms. The number of rotatable bonds is 1. The number of hydrogen-bond acceptors (Lipinski definition) is 2. The van der Waals surface area contributed by atoms with Crippen LogP contribution >= 0.6 is 0 Å². The average Bonchev–Trinajstić information content (AvgIpc) is 2.99. The fraction of sp³-hybridized carbons (Fsp3) is 0.476. The van der Waals surface area contributed by atoms with Gasteiger partial charge in [-0.05, 0) is 55.2 Å². The summed E-state index contributed by atoms with van der Waals surface area (Å²) in [6.45, 7) is 4.22. The van der Waals surface area contributed by atoms with Crippen LogP contribution in [0.25, 0.3) is 17.0 Å². The van der Waals surface area contributed by atoms with Crippen LogP contribution in [0.2, 0.25) is 0 Å². The summed E-state index contributed by atoms with van der Waals surface area (Å²) in [5.74, 6) is 0.805. The number of aliphatic hydroxyl groups is 1. The average molecular weight is 323 g/mol. The molecule has 0 radical (unpaired) electrons. The van der Waals surface area contributed by atoms with Gasteiger partial charge in [-0.3, -0.25) is 4.79 Å². The molecule has 4 atom stereocenters. The summed E-state index contributed by atoms with van der Waals surface area (Å²) in [5.41, 5.74) is 2.84. The van der Waals surface area contributed by atoms with Crippen LogP contribution in [0.3, 0.4) is 0 Å². The van der Waals surface area contributed by atoms with Gasteiger partial charge in [0, 0.05) is 28.1 Å². The minimum Gasteiger partial charge on any atom is -0.393 e. The zero-order valence-corrected chi connectivity index (χ0v) is 14.4. The highest BCUT2D eigenvalue weighted by Gasteiger charge is 2.51. The minimum atomic E-state index is -0.311. The van der Waals surface area contributed by atoms with E-state index in [1.807, 2.05) is 18.3 Å². The molecule has 0 aliphatic heterocycles. The number of aromatic amines is 1. The van der Waals surface area contributed by atoms with Crippen molar-refractivity contribution in [3.8, 4) is 0 Å². The van der Waals surface area contributed by atoms with Gasteiger partial charge < -0.3 is 10.1 Å². The fourth-order valence-electron chi connectivity index (χ4n) is 4.94. The fourth-order valence-corrected chi connectivity index (χ4v) is 4.94.